The monoisotopic (exact) mass is 716 g/mol. The molecule has 0 aliphatic rings. The van der Waals surface area contributed by atoms with Crippen LogP contribution < -0.4 is 0 Å². The molecule has 0 saturated carbocycles. The minimum Gasteiger partial charge on any atom is -0.309 e. The fourth-order valence-electron chi connectivity index (χ4n) is 9.30. The van der Waals surface area contributed by atoms with E-state index in [4.69, 9.17) is 9.97 Å². The van der Waals surface area contributed by atoms with Gasteiger partial charge in [0.25, 0.3) is 0 Å². The molecule has 0 spiro atoms. The molecule has 0 saturated heterocycles. The van der Waals surface area contributed by atoms with Gasteiger partial charge in [-0.3, -0.25) is 0 Å². The Balaban J connectivity index is 1.09. The van der Waals surface area contributed by atoms with Crippen LogP contribution in [-0.2, 0) is 0 Å². The normalized spacial score (nSPS) is 12.4. The topological polar surface area (TPSA) is 35.1 Å². The van der Waals surface area contributed by atoms with Gasteiger partial charge in [-0.15, -0.1) is 11.3 Å². The molecule has 8 aromatic carbocycles. The second-order valence-corrected chi connectivity index (χ2v) is 15.6. The zero-order chi connectivity index (χ0) is 35.8. The van der Waals surface area contributed by atoms with Crippen molar-refractivity contribution in [2.24, 2.45) is 0 Å². The zero-order valence-corrected chi connectivity index (χ0v) is 30.2. The summed E-state index contributed by atoms with van der Waals surface area (Å²) in [7, 11) is 0. The molecule has 0 radical (unpaired) electrons. The number of benzene rings is 8. The molecule has 254 valence electrons. The quantitative estimate of drug-likeness (QED) is 0.182. The average molecular weight is 717 g/mol. The summed E-state index contributed by atoms with van der Waals surface area (Å²) >= 11 is 1.76. The molecule has 0 aliphatic carbocycles. The number of rotatable bonds is 3. The van der Waals surface area contributed by atoms with Crippen molar-refractivity contribution in [1.82, 2.24) is 18.9 Å². The van der Waals surface area contributed by atoms with E-state index in [1.54, 1.807) is 11.3 Å². The number of thiophene rings is 1. The third-order valence-electron chi connectivity index (χ3n) is 11.6. The van der Waals surface area contributed by atoms with Crippen molar-refractivity contribution in [2.75, 3.05) is 0 Å². The Kier molecular flexibility index (Phi) is 5.74. The summed E-state index contributed by atoms with van der Waals surface area (Å²) in [5.74, 6) is 0.730. The van der Waals surface area contributed by atoms with Gasteiger partial charge in [0.15, 0.2) is 5.82 Å². The summed E-state index contributed by atoms with van der Waals surface area (Å²) < 4.78 is 7.33. The lowest BCUT2D eigenvalue weighted by molar-refractivity contribution is 1.18. The third kappa shape index (κ3) is 3.89. The van der Waals surface area contributed by atoms with Gasteiger partial charge in [-0.1, -0.05) is 127 Å². The Labute approximate surface area is 318 Å². The zero-order valence-electron chi connectivity index (χ0n) is 29.4. The molecule has 0 aliphatic heterocycles. The van der Waals surface area contributed by atoms with Crippen LogP contribution in [-0.4, -0.2) is 18.9 Å². The van der Waals surface area contributed by atoms with Gasteiger partial charge in [-0.05, 0) is 47.9 Å². The number of hydrogen-bond donors (Lipinski definition) is 0. The lowest BCUT2D eigenvalue weighted by atomic mass is 10.0. The van der Waals surface area contributed by atoms with Gasteiger partial charge in [-0.2, -0.15) is 0 Å². The first kappa shape index (κ1) is 29.4. The van der Waals surface area contributed by atoms with Crippen molar-refractivity contribution in [2.45, 2.75) is 0 Å². The molecule has 0 N–H and O–H groups in total. The van der Waals surface area contributed by atoms with E-state index >= 15 is 0 Å². The maximum atomic E-state index is 5.26. The summed E-state index contributed by atoms with van der Waals surface area (Å²) in [6, 6.07) is 61.5. The van der Waals surface area contributed by atoms with E-state index in [-0.39, 0.29) is 0 Å². The summed E-state index contributed by atoms with van der Waals surface area (Å²) in [5.41, 5.74) is 11.4. The lowest BCUT2D eigenvalue weighted by Crippen LogP contribution is -1.97. The van der Waals surface area contributed by atoms with Crippen molar-refractivity contribution in [3.63, 3.8) is 0 Å². The molecule has 55 heavy (non-hydrogen) atoms. The van der Waals surface area contributed by atoms with Crippen LogP contribution in [0.5, 0.6) is 0 Å². The fourth-order valence-corrected chi connectivity index (χ4v) is 10.5. The highest BCUT2D eigenvalue weighted by molar-refractivity contribution is 7.26. The van der Waals surface area contributed by atoms with E-state index in [0.717, 1.165) is 38.5 Å². The molecule has 5 aromatic heterocycles. The number of aromatic nitrogens is 4. The molecule has 0 atom stereocenters. The molecular weight excluding hydrogens is 689 g/mol. The van der Waals surface area contributed by atoms with Gasteiger partial charge in [0.05, 0.1) is 43.5 Å². The third-order valence-corrected chi connectivity index (χ3v) is 12.8. The number of fused-ring (bicyclic) bond motifs is 15. The van der Waals surface area contributed by atoms with Crippen molar-refractivity contribution in [3.05, 3.63) is 170 Å². The van der Waals surface area contributed by atoms with E-state index in [9.17, 15) is 0 Å². The van der Waals surface area contributed by atoms with E-state index in [1.807, 2.05) is 0 Å². The van der Waals surface area contributed by atoms with E-state index in [1.165, 1.54) is 80.8 Å². The Bertz CT molecular complexity index is 3700. The lowest BCUT2D eigenvalue weighted by Gasteiger charge is -2.12. The van der Waals surface area contributed by atoms with Crippen LogP contribution >= 0.6 is 11.3 Å². The van der Waals surface area contributed by atoms with Gasteiger partial charge in [0.1, 0.15) is 0 Å². The number of nitrogens with zero attached hydrogens (tertiary/aromatic N) is 4. The van der Waals surface area contributed by atoms with Crippen molar-refractivity contribution < 1.29 is 0 Å². The van der Waals surface area contributed by atoms with Gasteiger partial charge < -0.3 is 8.97 Å². The first-order chi connectivity index (χ1) is 27.3. The first-order valence-electron chi connectivity index (χ1n) is 18.7. The summed E-state index contributed by atoms with van der Waals surface area (Å²) in [4.78, 5) is 10.5. The van der Waals surface area contributed by atoms with Gasteiger partial charge in [-0.25, -0.2) is 9.97 Å². The minimum absolute atomic E-state index is 0.730. The highest BCUT2D eigenvalue weighted by Gasteiger charge is 2.23. The predicted octanol–water partition coefficient (Wildman–Crippen LogP) is 13.6. The Morgan fingerprint density at radius 1 is 0.418 bits per heavy atom. The molecule has 13 aromatic rings. The van der Waals surface area contributed by atoms with Crippen molar-refractivity contribution in [3.8, 4) is 28.3 Å². The molecule has 13 rings (SSSR count). The maximum absolute atomic E-state index is 5.26. The summed E-state index contributed by atoms with van der Waals surface area (Å²) in [6.07, 6.45) is 0. The Morgan fingerprint density at radius 2 is 1.04 bits per heavy atom. The number of para-hydroxylation sites is 3. The van der Waals surface area contributed by atoms with E-state index in [2.05, 4.69) is 179 Å². The highest BCUT2D eigenvalue weighted by Crippen LogP contribution is 2.45. The van der Waals surface area contributed by atoms with Crippen LogP contribution in [0, 0.1) is 0 Å². The molecule has 4 nitrogen and oxygen atoms in total. The van der Waals surface area contributed by atoms with Crippen LogP contribution in [0.2, 0.25) is 0 Å². The van der Waals surface area contributed by atoms with E-state index < -0.39 is 0 Å². The largest absolute Gasteiger partial charge is 0.309 e. The highest BCUT2D eigenvalue weighted by atomic mass is 32.1. The van der Waals surface area contributed by atoms with Crippen LogP contribution in [0.25, 0.3) is 119 Å². The van der Waals surface area contributed by atoms with Gasteiger partial charge in [0, 0.05) is 64.6 Å². The Morgan fingerprint density at radius 3 is 1.84 bits per heavy atom. The van der Waals surface area contributed by atoms with Crippen LogP contribution in [0.3, 0.4) is 0 Å². The molecule has 5 heteroatoms. The maximum Gasteiger partial charge on any atom is 0.160 e. The van der Waals surface area contributed by atoms with Gasteiger partial charge in [0.2, 0.25) is 0 Å². The van der Waals surface area contributed by atoms with Crippen LogP contribution in [0.15, 0.2) is 170 Å². The second-order valence-electron chi connectivity index (χ2n) is 14.5. The van der Waals surface area contributed by atoms with E-state index in [0.29, 0.717) is 0 Å². The predicted molar refractivity (Wildman–Crippen MR) is 232 cm³/mol. The molecule has 0 bridgehead atoms. The average Bonchev–Trinajstić information content (AvgIpc) is 3.99. The standard InChI is InChI=1S/C50H28N4S/c1-2-11-30(12-3-1)44-49-45(39-15-6-9-20-42(39)55-49)52-50(51-44)31-21-25-32(26-22-31)53-40-18-7-4-14-34(40)37-27-23-29-24-28-38-36-17-10-16-35-33-13-5-8-19-41(33)54(46(35)36)48(38)43(29)47(37)53/h1-28H. The molecule has 0 amide bonds. The summed E-state index contributed by atoms with van der Waals surface area (Å²) in [5, 5.41) is 11.3. The first-order valence-corrected chi connectivity index (χ1v) is 19.5. The second kappa shape index (κ2) is 10.8. The summed E-state index contributed by atoms with van der Waals surface area (Å²) in [6.45, 7) is 0. The molecule has 0 unspecified atom stereocenters. The smallest absolute Gasteiger partial charge is 0.160 e. The SMILES string of the molecule is c1ccc(-c2nc(-c3ccc(-n4c5ccccc5c5ccc6ccc7c8cccc9c%10ccccc%10n(c98)c7c6c54)cc3)nc3c2sc2ccccc23)cc1. The van der Waals surface area contributed by atoms with Crippen molar-refractivity contribution >= 4 is 102 Å². The molecule has 0 fully saturated rings. The van der Waals surface area contributed by atoms with Crippen LogP contribution in [0.1, 0.15) is 0 Å². The minimum atomic E-state index is 0.730. The van der Waals surface area contributed by atoms with Crippen molar-refractivity contribution in [1.29, 1.82) is 0 Å². The Hall–Kier alpha value is -7.08. The molecular formula is C50H28N4S. The number of hydrogen-bond acceptors (Lipinski definition) is 3. The molecule has 5 heterocycles. The fraction of sp³-hybridized carbons (Fsp3) is 0. The van der Waals surface area contributed by atoms with Crippen LogP contribution in [0.4, 0.5) is 0 Å². The van der Waals surface area contributed by atoms with Gasteiger partial charge >= 0.3 is 0 Å².